The third-order valence-corrected chi connectivity index (χ3v) is 5.12. The zero-order chi connectivity index (χ0) is 15.6. The summed E-state index contributed by atoms with van der Waals surface area (Å²) in [5.74, 6) is 0. The van der Waals surface area contributed by atoms with E-state index in [-0.39, 0.29) is 22.7 Å². The Bertz CT molecular complexity index is 605. The number of nitrogens with one attached hydrogen (secondary N) is 1. The minimum Gasteiger partial charge on any atom is -0.258 e. The number of nitro groups is 1. The van der Waals surface area contributed by atoms with Gasteiger partial charge in [-0.1, -0.05) is 6.42 Å². The third kappa shape index (κ3) is 3.58. The molecule has 21 heavy (non-hydrogen) atoms. The van der Waals surface area contributed by atoms with Crippen LogP contribution in [0, 0.1) is 10.1 Å². The Labute approximate surface area is 124 Å². The molecule has 7 nitrogen and oxygen atoms in total. The lowest BCUT2D eigenvalue weighted by Crippen LogP contribution is -2.53. The highest BCUT2D eigenvalue weighted by atomic mass is 32.2. The predicted molar refractivity (Wildman–Crippen MR) is 78.0 cm³/mol. The second-order valence-electron chi connectivity index (χ2n) is 5.38. The molecule has 1 N–H and O–H groups in total. The molecule has 0 aliphatic carbocycles. The second kappa shape index (κ2) is 6.08. The average molecular weight is 313 g/mol. The normalized spacial score (nSPS) is 23.9. The maximum atomic E-state index is 12.4. The van der Waals surface area contributed by atoms with E-state index in [0.29, 0.717) is 0 Å². The SMILES string of the molecule is CC1CCCC(C)N1NS(=O)(=O)c1ccc([N+](=O)[O-])cc1. The van der Waals surface area contributed by atoms with Crippen LogP contribution in [0.25, 0.3) is 0 Å². The summed E-state index contributed by atoms with van der Waals surface area (Å²) in [5, 5.41) is 12.3. The lowest BCUT2D eigenvalue weighted by molar-refractivity contribution is -0.384. The molecule has 0 bridgehead atoms. The number of rotatable bonds is 4. The first-order chi connectivity index (χ1) is 9.81. The number of hydrogen-bond donors (Lipinski definition) is 1. The summed E-state index contributed by atoms with van der Waals surface area (Å²) in [7, 11) is -3.71. The van der Waals surface area contributed by atoms with Gasteiger partial charge in [0.15, 0.2) is 0 Å². The van der Waals surface area contributed by atoms with Crippen LogP contribution >= 0.6 is 0 Å². The van der Waals surface area contributed by atoms with Gasteiger partial charge in [0, 0.05) is 24.2 Å². The van der Waals surface area contributed by atoms with E-state index in [0.717, 1.165) is 19.3 Å². The van der Waals surface area contributed by atoms with Gasteiger partial charge in [-0.3, -0.25) is 10.1 Å². The molecule has 1 aromatic rings. The first kappa shape index (κ1) is 15.9. The van der Waals surface area contributed by atoms with Gasteiger partial charge in [0.25, 0.3) is 15.7 Å². The van der Waals surface area contributed by atoms with Crippen molar-refractivity contribution in [3.05, 3.63) is 34.4 Å². The zero-order valence-corrected chi connectivity index (χ0v) is 12.8. The summed E-state index contributed by atoms with van der Waals surface area (Å²) in [6.07, 6.45) is 2.96. The smallest absolute Gasteiger partial charge is 0.258 e. The monoisotopic (exact) mass is 313 g/mol. The fourth-order valence-corrected chi connectivity index (χ4v) is 3.78. The van der Waals surface area contributed by atoms with Crippen LogP contribution in [-0.2, 0) is 10.0 Å². The number of benzene rings is 1. The van der Waals surface area contributed by atoms with Gasteiger partial charge >= 0.3 is 0 Å². The van der Waals surface area contributed by atoms with Gasteiger partial charge < -0.3 is 0 Å². The van der Waals surface area contributed by atoms with Gasteiger partial charge in [-0.05, 0) is 38.8 Å². The molecule has 0 aromatic heterocycles. The van der Waals surface area contributed by atoms with Crippen LogP contribution < -0.4 is 4.83 Å². The van der Waals surface area contributed by atoms with Crippen LogP contribution in [0.15, 0.2) is 29.2 Å². The Kier molecular flexibility index (Phi) is 4.60. The van der Waals surface area contributed by atoms with E-state index in [1.54, 1.807) is 5.01 Å². The van der Waals surface area contributed by atoms with E-state index < -0.39 is 14.9 Å². The summed E-state index contributed by atoms with van der Waals surface area (Å²) >= 11 is 0. The third-order valence-electron chi connectivity index (χ3n) is 3.78. The molecule has 0 radical (unpaired) electrons. The van der Waals surface area contributed by atoms with E-state index in [9.17, 15) is 18.5 Å². The average Bonchev–Trinajstić information content (AvgIpc) is 2.43. The van der Waals surface area contributed by atoms with Gasteiger partial charge in [0.2, 0.25) is 0 Å². The molecule has 2 rings (SSSR count). The van der Waals surface area contributed by atoms with Crippen molar-refractivity contribution in [2.24, 2.45) is 0 Å². The first-order valence-corrected chi connectivity index (χ1v) is 8.35. The van der Waals surface area contributed by atoms with E-state index in [4.69, 9.17) is 0 Å². The van der Waals surface area contributed by atoms with Crippen molar-refractivity contribution >= 4 is 15.7 Å². The molecule has 2 unspecified atom stereocenters. The van der Waals surface area contributed by atoms with Gasteiger partial charge in [0.1, 0.15) is 0 Å². The molecular formula is C13H19N3O4S. The Morgan fingerprint density at radius 2 is 1.71 bits per heavy atom. The number of nitrogens with zero attached hydrogens (tertiary/aromatic N) is 2. The first-order valence-electron chi connectivity index (χ1n) is 6.86. The van der Waals surface area contributed by atoms with Crippen molar-refractivity contribution in [2.45, 2.75) is 50.1 Å². The molecule has 1 heterocycles. The van der Waals surface area contributed by atoms with Crippen molar-refractivity contribution < 1.29 is 13.3 Å². The molecular weight excluding hydrogens is 294 g/mol. The Morgan fingerprint density at radius 3 is 2.19 bits per heavy atom. The summed E-state index contributed by atoms with van der Waals surface area (Å²) < 4.78 is 24.7. The van der Waals surface area contributed by atoms with E-state index in [1.807, 2.05) is 13.8 Å². The van der Waals surface area contributed by atoms with Crippen molar-refractivity contribution in [3.63, 3.8) is 0 Å². The number of hydrazine groups is 1. The topological polar surface area (TPSA) is 92.6 Å². The number of non-ortho nitro benzene ring substituents is 1. The van der Waals surface area contributed by atoms with Gasteiger partial charge in [-0.25, -0.2) is 13.4 Å². The molecule has 116 valence electrons. The summed E-state index contributed by atoms with van der Waals surface area (Å²) in [6, 6.07) is 5.14. The minimum atomic E-state index is -3.71. The van der Waals surface area contributed by atoms with Crippen LogP contribution in [0.2, 0.25) is 0 Å². The van der Waals surface area contributed by atoms with Crippen LogP contribution in [-0.4, -0.2) is 30.4 Å². The number of piperidine rings is 1. The highest BCUT2D eigenvalue weighted by Crippen LogP contribution is 2.22. The Balaban J connectivity index is 2.19. The number of nitro benzene ring substituents is 1. The zero-order valence-electron chi connectivity index (χ0n) is 12.0. The van der Waals surface area contributed by atoms with Crippen molar-refractivity contribution in [2.75, 3.05) is 0 Å². The van der Waals surface area contributed by atoms with Gasteiger partial charge in [0.05, 0.1) is 9.82 Å². The predicted octanol–water partition coefficient (Wildman–Crippen LogP) is 2.05. The van der Waals surface area contributed by atoms with E-state index in [2.05, 4.69) is 4.83 Å². The summed E-state index contributed by atoms with van der Waals surface area (Å²) in [6.45, 7) is 3.96. The lowest BCUT2D eigenvalue weighted by atomic mass is 10.0. The van der Waals surface area contributed by atoms with Crippen molar-refractivity contribution in [1.29, 1.82) is 0 Å². The Morgan fingerprint density at radius 1 is 1.19 bits per heavy atom. The van der Waals surface area contributed by atoms with Crippen molar-refractivity contribution in [1.82, 2.24) is 9.84 Å². The number of sulfonamides is 1. The van der Waals surface area contributed by atoms with Gasteiger partial charge in [-0.15, -0.1) is 4.83 Å². The molecule has 0 amide bonds. The highest BCUT2D eigenvalue weighted by molar-refractivity contribution is 7.89. The van der Waals surface area contributed by atoms with Crippen LogP contribution in [0.4, 0.5) is 5.69 Å². The molecule has 1 aromatic carbocycles. The molecule has 0 saturated carbocycles. The van der Waals surface area contributed by atoms with E-state index in [1.165, 1.54) is 24.3 Å². The minimum absolute atomic E-state index is 0.0260. The molecule has 2 atom stereocenters. The van der Waals surface area contributed by atoms with E-state index >= 15 is 0 Å². The summed E-state index contributed by atoms with van der Waals surface area (Å²) in [4.78, 5) is 12.7. The summed E-state index contributed by atoms with van der Waals surface area (Å²) in [5.41, 5.74) is -0.131. The second-order valence-corrected chi connectivity index (χ2v) is 7.04. The standard InChI is InChI=1S/C13H19N3O4S/c1-10-4-3-5-11(2)15(10)14-21(19,20)13-8-6-12(7-9-13)16(17)18/h6-11,14H,3-5H2,1-2H3. The van der Waals surface area contributed by atoms with Crippen molar-refractivity contribution in [3.8, 4) is 0 Å². The highest BCUT2D eigenvalue weighted by Gasteiger charge is 2.29. The largest absolute Gasteiger partial charge is 0.269 e. The van der Waals surface area contributed by atoms with Crippen LogP contribution in [0.5, 0.6) is 0 Å². The molecule has 1 fully saturated rings. The number of hydrogen-bond acceptors (Lipinski definition) is 5. The van der Waals surface area contributed by atoms with Crippen LogP contribution in [0.3, 0.4) is 0 Å². The fourth-order valence-electron chi connectivity index (χ4n) is 2.54. The molecule has 8 heteroatoms. The Hall–Kier alpha value is -1.51. The quantitative estimate of drug-likeness (QED) is 0.678. The van der Waals surface area contributed by atoms with Crippen LogP contribution in [0.1, 0.15) is 33.1 Å². The maximum Gasteiger partial charge on any atom is 0.269 e. The maximum absolute atomic E-state index is 12.4. The molecule has 1 saturated heterocycles. The molecule has 1 aliphatic heterocycles. The molecule has 1 aliphatic rings. The fraction of sp³-hybridized carbons (Fsp3) is 0.538. The molecule has 0 spiro atoms. The lowest BCUT2D eigenvalue weighted by Gasteiger charge is -2.38. The van der Waals surface area contributed by atoms with Gasteiger partial charge in [-0.2, -0.15) is 0 Å².